The summed E-state index contributed by atoms with van der Waals surface area (Å²) in [5.74, 6) is -1.49. The number of aromatic nitrogens is 1. The van der Waals surface area contributed by atoms with Crippen LogP contribution >= 0.6 is 0 Å². The summed E-state index contributed by atoms with van der Waals surface area (Å²) in [6, 6.07) is 1.27. The van der Waals surface area contributed by atoms with Gasteiger partial charge in [0.25, 0.3) is 0 Å². The number of halogens is 1. The largest absolute Gasteiger partial charge is 0.481 e. The van der Waals surface area contributed by atoms with Crippen molar-refractivity contribution in [3.8, 4) is 0 Å². The van der Waals surface area contributed by atoms with Crippen LogP contribution in [0.4, 0.5) is 9.18 Å². The molecule has 0 radical (unpaired) electrons. The number of carboxylic acid groups (broad SMARTS) is 2. The second kappa shape index (κ2) is 5.44. The molecule has 0 saturated carbocycles. The summed E-state index contributed by atoms with van der Waals surface area (Å²) in [6.07, 6.45) is 2.04. The van der Waals surface area contributed by atoms with Gasteiger partial charge < -0.3 is 15.1 Å². The van der Waals surface area contributed by atoms with Crippen LogP contribution in [0.5, 0.6) is 0 Å². The van der Waals surface area contributed by atoms with E-state index in [9.17, 15) is 19.1 Å². The van der Waals surface area contributed by atoms with E-state index in [2.05, 4.69) is 4.98 Å². The van der Waals surface area contributed by atoms with Crippen LogP contribution in [0, 0.1) is 11.2 Å². The van der Waals surface area contributed by atoms with Gasteiger partial charge in [-0.1, -0.05) is 0 Å². The van der Waals surface area contributed by atoms with Crippen LogP contribution in [0.1, 0.15) is 18.4 Å². The Hall–Kier alpha value is -2.18. The van der Waals surface area contributed by atoms with Gasteiger partial charge in [-0.25, -0.2) is 9.18 Å². The molecule has 1 aromatic rings. The normalized spacial score (nSPS) is 17.8. The van der Waals surface area contributed by atoms with E-state index in [1.807, 2.05) is 0 Å². The molecule has 2 N–H and O–H groups in total. The molecule has 1 aliphatic rings. The van der Waals surface area contributed by atoms with E-state index in [1.54, 1.807) is 0 Å². The van der Waals surface area contributed by atoms with Crippen molar-refractivity contribution < 1.29 is 24.2 Å². The van der Waals surface area contributed by atoms with E-state index in [1.165, 1.54) is 17.2 Å². The molecule has 1 aliphatic heterocycles. The molecule has 0 spiro atoms. The summed E-state index contributed by atoms with van der Waals surface area (Å²) in [7, 11) is 0. The van der Waals surface area contributed by atoms with Crippen LogP contribution in [0.2, 0.25) is 0 Å². The molecule has 0 aliphatic carbocycles. The molecule has 0 unspecified atom stereocenters. The molecule has 1 aromatic heterocycles. The van der Waals surface area contributed by atoms with Crippen molar-refractivity contribution in [3.63, 3.8) is 0 Å². The van der Waals surface area contributed by atoms with Crippen LogP contribution in [-0.4, -0.2) is 45.2 Å². The predicted octanol–water partition coefficient (Wildman–Crippen LogP) is 1.61. The fourth-order valence-corrected chi connectivity index (χ4v) is 2.54. The Labute approximate surface area is 114 Å². The lowest BCUT2D eigenvalue weighted by Gasteiger charge is -2.37. The van der Waals surface area contributed by atoms with Gasteiger partial charge in [-0.3, -0.25) is 9.78 Å². The molecular weight excluding hydrogens is 267 g/mol. The second-order valence-electron chi connectivity index (χ2n) is 5.04. The zero-order chi connectivity index (χ0) is 14.8. The SMILES string of the molecule is O=C(O)N1CCC(Cc2cncc(F)c2)(C(=O)O)CC1. The molecule has 0 aromatic carbocycles. The third-order valence-corrected chi connectivity index (χ3v) is 3.75. The maximum atomic E-state index is 13.1. The molecule has 7 heteroatoms. The van der Waals surface area contributed by atoms with Gasteiger partial charge in [0.05, 0.1) is 11.6 Å². The maximum Gasteiger partial charge on any atom is 0.407 e. The number of nitrogens with zero attached hydrogens (tertiary/aromatic N) is 2. The number of carbonyl (C=O) groups is 2. The monoisotopic (exact) mass is 282 g/mol. The van der Waals surface area contributed by atoms with Crippen LogP contribution < -0.4 is 0 Å². The highest BCUT2D eigenvalue weighted by molar-refractivity contribution is 5.76. The first-order valence-corrected chi connectivity index (χ1v) is 6.24. The van der Waals surface area contributed by atoms with Gasteiger partial charge in [-0.2, -0.15) is 0 Å². The topological polar surface area (TPSA) is 90.7 Å². The Balaban J connectivity index is 2.16. The van der Waals surface area contributed by atoms with Crippen LogP contribution in [0.15, 0.2) is 18.5 Å². The van der Waals surface area contributed by atoms with E-state index in [0.717, 1.165) is 6.20 Å². The Morgan fingerprint density at radius 1 is 1.30 bits per heavy atom. The number of likely N-dealkylation sites (tertiary alicyclic amines) is 1. The van der Waals surface area contributed by atoms with Crippen molar-refractivity contribution in [2.75, 3.05) is 13.1 Å². The van der Waals surface area contributed by atoms with E-state index in [0.29, 0.717) is 5.56 Å². The third-order valence-electron chi connectivity index (χ3n) is 3.75. The molecule has 0 bridgehead atoms. The smallest absolute Gasteiger partial charge is 0.407 e. The zero-order valence-electron chi connectivity index (χ0n) is 10.8. The molecule has 20 heavy (non-hydrogen) atoms. The summed E-state index contributed by atoms with van der Waals surface area (Å²) in [6.45, 7) is 0.342. The number of piperidine rings is 1. The molecule has 108 valence electrons. The van der Waals surface area contributed by atoms with E-state index >= 15 is 0 Å². The highest BCUT2D eigenvalue weighted by Crippen LogP contribution is 2.35. The van der Waals surface area contributed by atoms with Gasteiger partial charge >= 0.3 is 12.1 Å². The van der Waals surface area contributed by atoms with Gasteiger partial charge in [0.2, 0.25) is 0 Å². The first-order valence-electron chi connectivity index (χ1n) is 6.24. The van der Waals surface area contributed by atoms with E-state index in [4.69, 9.17) is 5.11 Å². The summed E-state index contributed by atoms with van der Waals surface area (Å²) >= 11 is 0. The molecule has 2 rings (SSSR count). The number of hydrogen-bond donors (Lipinski definition) is 2. The lowest BCUT2D eigenvalue weighted by atomic mass is 9.74. The standard InChI is InChI=1S/C13H15FN2O4/c14-10-5-9(7-15-8-10)6-13(11(17)18)1-3-16(4-2-13)12(19)20/h5,7-8H,1-4,6H2,(H,17,18)(H,19,20). The van der Waals surface area contributed by atoms with Gasteiger partial charge in [-0.15, -0.1) is 0 Å². The summed E-state index contributed by atoms with van der Waals surface area (Å²) in [4.78, 5) is 27.3. The third kappa shape index (κ3) is 2.87. The molecule has 1 amide bonds. The van der Waals surface area contributed by atoms with Gasteiger partial charge in [0.1, 0.15) is 5.82 Å². The quantitative estimate of drug-likeness (QED) is 0.878. The summed E-state index contributed by atoms with van der Waals surface area (Å²) in [5, 5.41) is 18.4. The van der Waals surface area contributed by atoms with Crippen molar-refractivity contribution >= 4 is 12.1 Å². The fourth-order valence-electron chi connectivity index (χ4n) is 2.54. The number of pyridine rings is 1. The first-order chi connectivity index (χ1) is 9.43. The van der Waals surface area contributed by atoms with Crippen molar-refractivity contribution in [1.29, 1.82) is 0 Å². The van der Waals surface area contributed by atoms with Crippen LogP contribution in [0.3, 0.4) is 0 Å². The van der Waals surface area contributed by atoms with Crippen LogP contribution in [0.25, 0.3) is 0 Å². The van der Waals surface area contributed by atoms with Crippen molar-refractivity contribution in [2.24, 2.45) is 5.41 Å². The highest BCUT2D eigenvalue weighted by atomic mass is 19.1. The Bertz CT molecular complexity index is 527. The summed E-state index contributed by atoms with van der Waals surface area (Å²) < 4.78 is 13.1. The number of hydrogen-bond acceptors (Lipinski definition) is 3. The van der Waals surface area contributed by atoms with E-state index < -0.39 is 23.3 Å². The van der Waals surface area contributed by atoms with Crippen LogP contribution in [-0.2, 0) is 11.2 Å². The Morgan fingerprint density at radius 2 is 1.95 bits per heavy atom. The number of carboxylic acids is 1. The molecule has 1 fully saturated rings. The van der Waals surface area contributed by atoms with Crippen molar-refractivity contribution in [1.82, 2.24) is 9.88 Å². The number of amides is 1. The second-order valence-corrected chi connectivity index (χ2v) is 5.04. The molecule has 6 nitrogen and oxygen atoms in total. The highest BCUT2D eigenvalue weighted by Gasteiger charge is 2.42. The first kappa shape index (κ1) is 14.2. The maximum absolute atomic E-state index is 13.1. The zero-order valence-corrected chi connectivity index (χ0v) is 10.8. The van der Waals surface area contributed by atoms with E-state index in [-0.39, 0.29) is 32.4 Å². The predicted molar refractivity (Wildman–Crippen MR) is 66.8 cm³/mol. The molecule has 1 saturated heterocycles. The lowest BCUT2D eigenvalue weighted by molar-refractivity contribution is -0.151. The lowest BCUT2D eigenvalue weighted by Crippen LogP contribution is -2.47. The Morgan fingerprint density at radius 3 is 2.45 bits per heavy atom. The minimum Gasteiger partial charge on any atom is -0.481 e. The van der Waals surface area contributed by atoms with Crippen molar-refractivity contribution in [2.45, 2.75) is 19.3 Å². The van der Waals surface area contributed by atoms with Gasteiger partial charge in [0.15, 0.2) is 0 Å². The average Bonchev–Trinajstić information content (AvgIpc) is 2.39. The number of aliphatic carboxylic acids is 1. The number of rotatable bonds is 3. The Kier molecular flexibility index (Phi) is 3.87. The average molecular weight is 282 g/mol. The fraction of sp³-hybridized carbons (Fsp3) is 0.462. The van der Waals surface area contributed by atoms with Gasteiger partial charge in [0, 0.05) is 19.3 Å². The van der Waals surface area contributed by atoms with Gasteiger partial charge in [-0.05, 0) is 30.9 Å². The molecule has 2 heterocycles. The molecular formula is C13H15FN2O4. The summed E-state index contributed by atoms with van der Waals surface area (Å²) in [5.41, 5.74) is -0.544. The van der Waals surface area contributed by atoms with Crippen molar-refractivity contribution in [3.05, 3.63) is 29.8 Å². The molecule has 0 atom stereocenters. The minimum atomic E-state index is -1.05. The minimum absolute atomic E-state index is 0.153.